The minimum atomic E-state index is 0.214. The van der Waals surface area contributed by atoms with Crippen molar-refractivity contribution in [1.82, 2.24) is 4.90 Å². The van der Waals surface area contributed by atoms with E-state index < -0.39 is 0 Å². The molecule has 0 atom stereocenters. The Bertz CT molecular complexity index is 438. The normalized spacial score (nSPS) is 14.6. The van der Waals surface area contributed by atoms with Gasteiger partial charge in [-0.1, -0.05) is 18.2 Å². The van der Waals surface area contributed by atoms with E-state index in [-0.39, 0.29) is 5.91 Å². The summed E-state index contributed by atoms with van der Waals surface area (Å²) >= 11 is 0. The molecule has 1 amide bonds. The zero-order valence-electron chi connectivity index (χ0n) is 11.3. The highest BCUT2D eigenvalue weighted by Crippen LogP contribution is 2.27. The maximum absolute atomic E-state index is 12.3. The Morgan fingerprint density at radius 1 is 1.33 bits per heavy atom. The van der Waals surface area contributed by atoms with Crippen molar-refractivity contribution in [3.05, 3.63) is 34.9 Å². The van der Waals surface area contributed by atoms with Crippen molar-refractivity contribution in [2.75, 3.05) is 13.1 Å². The topological polar surface area (TPSA) is 46.3 Å². The fraction of sp³-hybridized carbons (Fsp3) is 0.533. The van der Waals surface area contributed by atoms with E-state index in [4.69, 9.17) is 5.73 Å². The van der Waals surface area contributed by atoms with Gasteiger partial charge in [-0.15, -0.1) is 0 Å². The highest BCUT2D eigenvalue weighted by molar-refractivity contribution is 5.79. The van der Waals surface area contributed by atoms with Crippen molar-refractivity contribution in [2.24, 2.45) is 5.73 Å². The molecule has 0 saturated heterocycles. The Labute approximate surface area is 109 Å². The van der Waals surface area contributed by atoms with Crippen LogP contribution in [0.5, 0.6) is 0 Å². The Balaban J connectivity index is 2.02. The molecular formula is C15H22N2O. The van der Waals surface area contributed by atoms with Crippen LogP contribution in [-0.4, -0.2) is 29.9 Å². The molecule has 1 aliphatic rings. The van der Waals surface area contributed by atoms with Gasteiger partial charge in [-0.2, -0.15) is 0 Å². The number of hydrogen-bond donors (Lipinski definition) is 1. The molecule has 98 valence electrons. The SMILES string of the molecule is Cc1ccc(CC(=O)N(CCN)C2CC2)cc1C. The van der Waals surface area contributed by atoms with Gasteiger partial charge in [0.1, 0.15) is 0 Å². The molecule has 0 aliphatic heterocycles. The highest BCUT2D eigenvalue weighted by Gasteiger charge is 2.31. The highest BCUT2D eigenvalue weighted by atomic mass is 16.2. The first-order chi connectivity index (χ1) is 8.61. The van der Waals surface area contributed by atoms with Gasteiger partial charge in [0, 0.05) is 19.1 Å². The number of nitrogens with two attached hydrogens (primary N) is 1. The summed E-state index contributed by atoms with van der Waals surface area (Å²) < 4.78 is 0. The second-order valence-electron chi connectivity index (χ2n) is 5.20. The molecule has 3 heteroatoms. The number of carbonyl (C=O) groups is 1. The second-order valence-corrected chi connectivity index (χ2v) is 5.20. The van der Waals surface area contributed by atoms with Gasteiger partial charge in [0.25, 0.3) is 0 Å². The Kier molecular flexibility index (Phi) is 4.02. The number of benzene rings is 1. The number of aryl methyl sites for hydroxylation is 2. The summed E-state index contributed by atoms with van der Waals surface area (Å²) in [5, 5.41) is 0. The molecule has 1 aromatic rings. The number of hydrogen-bond acceptors (Lipinski definition) is 2. The summed E-state index contributed by atoms with van der Waals surface area (Å²) in [6.07, 6.45) is 2.77. The molecule has 0 bridgehead atoms. The number of amides is 1. The van der Waals surface area contributed by atoms with Crippen LogP contribution in [0.4, 0.5) is 0 Å². The molecule has 1 saturated carbocycles. The van der Waals surface area contributed by atoms with Gasteiger partial charge >= 0.3 is 0 Å². The molecule has 0 heterocycles. The molecule has 1 aliphatic carbocycles. The summed E-state index contributed by atoms with van der Waals surface area (Å²) in [6.45, 7) is 5.41. The lowest BCUT2D eigenvalue weighted by atomic mass is 10.0. The predicted octanol–water partition coefficient (Wildman–Crippen LogP) is 1.80. The smallest absolute Gasteiger partial charge is 0.227 e. The molecule has 0 unspecified atom stereocenters. The largest absolute Gasteiger partial charge is 0.338 e. The Morgan fingerprint density at radius 2 is 2.06 bits per heavy atom. The van der Waals surface area contributed by atoms with Crippen LogP contribution in [0.25, 0.3) is 0 Å². The van der Waals surface area contributed by atoms with Crippen LogP contribution in [0.2, 0.25) is 0 Å². The molecule has 3 nitrogen and oxygen atoms in total. The van der Waals surface area contributed by atoms with Gasteiger partial charge in [-0.3, -0.25) is 4.79 Å². The van der Waals surface area contributed by atoms with E-state index in [1.165, 1.54) is 11.1 Å². The summed E-state index contributed by atoms with van der Waals surface area (Å²) in [4.78, 5) is 14.2. The van der Waals surface area contributed by atoms with Crippen molar-refractivity contribution < 1.29 is 4.79 Å². The van der Waals surface area contributed by atoms with Gasteiger partial charge in [0.2, 0.25) is 5.91 Å². The molecular weight excluding hydrogens is 224 g/mol. The minimum Gasteiger partial charge on any atom is -0.338 e. The zero-order valence-corrected chi connectivity index (χ0v) is 11.3. The summed E-state index contributed by atoms with van der Waals surface area (Å²) in [5.41, 5.74) is 9.20. The number of nitrogens with zero attached hydrogens (tertiary/aromatic N) is 1. The molecule has 0 aromatic heterocycles. The van der Waals surface area contributed by atoms with Crippen molar-refractivity contribution in [3.63, 3.8) is 0 Å². The van der Waals surface area contributed by atoms with E-state index in [0.29, 0.717) is 25.6 Å². The first kappa shape index (κ1) is 13.1. The minimum absolute atomic E-state index is 0.214. The average Bonchev–Trinajstić information content (AvgIpc) is 3.15. The molecule has 1 fully saturated rings. The van der Waals surface area contributed by atoms with E-state index in [9.17, 15) is 4.79 Å². The van der Waals surface area contributed by atoms with Crippen molar-refractivity contribution in [1.29, 1.82) is 0 Å². The maximum atomic E-state index is 12.3. The summed E-state index contributed by atoms with van der Waals surface area (Å²) in [5.74, 6) is 0.214. The van der Waals surface area contributed by atoms with Crippen LogP contribution >= 0.6 is 0 Å². The lowest BCUT2D eigenvalue weighted by Gasteiger charge is -2.21. The third kappa shape index (κ3) is 3.10. The molecule has 2 rings (SSSR count). The van der Waals surface area contributed by atoms with E-state index in [2.05, 4.69) is 26.0 Å². The molecule has 18 heavy (non-hydrogen) atoms. The first-order valence-corrected chi connectivity index (χ1v) is 6.67. The van der Waals surface area contributed by atoms with E-state index in [1.807, 2.05) is 11.0 Å². The van der Waals surface area contributed by atoms with Crippen LogP contribution in [0.1, 0.15) is 29.5 Å². The molecule has 0 spiro atoms. The maximum Gasteiger partial charge on any atom is 0.227 e. The average molecular weight is 246 g/mol. The standard InChI is InChI=1S/C15H22N2O/c1-11-3-4-13(9-12(11)2)10-15(18)17(8-7-16)14-5-6-14/h3-4,9,14H,5-8,10,16H2,1-2H3. The van der Waals surface area contributed by atoms with Crippen LogP contribution in [0.3, 0.4) is 0 Å². The first-order valence-electron chi connectivity index (χ1n) is 6.67. The van der Waals surface area contributed by atoms with E-state index in [1.54, 1.807) is 0 Å². The van der Waals surface area contributed by atoms with Crippen LogP contribution in [0, 0.1) is 13.8 Å². The monoisotopic (exact) mass is 246 g/mol. The van der Waals surface area contributed by atoms with Gasteiger partial charge in [-0.05, 0) is 43.4 Å². The third-order valence-corrected chi connectivity index (χ3v) is 3.60. The summed E-state index contributed by atoms with van der Waals surface area (Å²) in [7, 11) is 0. The number of carbonyl (C=O) groups excluding carboxylic acids is 1. The van der Waals surface area contributed by atoms with Crippen LogP contribution in [-0.2, 0) is 11.2 Å². The zero-order chi connectivity index (χ0) is 13.1. The van der Waals surface area contributed by atoms with Crippen LogP contribution < -0.4 is 5.73 Å². The summed E-state index contributed by atoms with van der Waals surface area (Å²) in [6, 6.07) is 6.70. The Hall–Kier alpha value is -1.35. The molecule has 1 aromatic carbocycles. The predicted molar refractivity (Wildman–Crippen MR) is 73.4 cm³/mol. The number of rotatable bonds is 5. The lowest BCUT2D eigenvalue weighted by Crippen LogP contribution is -2.38. The van der Waals surface area contributed by atoms with Gasteiger partial charge < -0.3 is 10.6 Å². The van der Waals surface area contributed by atoms with Gasteiger partial charge in [0.05, 0.1) is 6.42 Å². The second kappa shape index (κ2) is 5.53. The lowest BCUT2D eigenvalue weighted by molar-refractivity contribution is -0.130. The molecule has 0 radical (unpaired) electrons. The quantitative estimate of drug-likeness (QED) is 0.861. The fourth-order valence-corrected chi connectivity index (χ4v) is 2.23. The van der Waals surface area contributed by atoms with Gasteiger partial charge in [0.15, 0.2) is 0 Å². The Morgan fingerprint density at radius 3 is 2.61 bits per heavy atom. The van der Waals surface area contributed by atoms with E-state index in [0.717, 1.165) is 18.4 Å². The van der Waals surface area contributed by atoms with Crippen molar-refractivity contribution in [3.8, 4) is 0 Å². The van der Waals surface area contributed by atoms with Gasteiger partial charge in [-0.25, -0.2) is 0 Å². The third-order valence-electron chi connectivity index (χ3n) is 3.60. The van der Waals surface area contributed by atoms with Crippen LogP contribution in [0.15, 0.2) is 18.2 Å². The fourth-order valence-electron chi connectivity index (χ4n) is 2.23. The van der Waals surface area contributed by atoms with Crippen molar-refractivity contribution in [2.45, 2.75) is 39.2 Å². The van der Waals surface area contributed by atoms with Crippen molar-refractivity contribution >= 4 is 5.91 Å². The van der Waals surface area contributed by atoms with E-state index >= 15 is 0 Å². The molecule has 2 N–H and O–H groups in total.